The summed E-state index contributed by atoms with van der Waals surface area (Å²) in [6.45, 7) is 8.50. The number of hydrogen-bond donors (Lipinski definition) is 1. The molecule has 0 aliphatic carbocycles. The molecule has 1 unspecified atom stereocenters. The number of fused-ring (bicyclic) bond motifs is 2. The molecular formula is C24H28NO4+. The van der Waals surface area contributed by atoms with Crippen LogP contribution in [-0.2, 0) is 19.4 Å². The molecule has 1 aliphatic rings. The average molecular weight is 394 g/mol. The Hall–Kier alpha value is -2.79. The highest BCUT2D eigenvalue weighted by Crippen LogP contribution is 2.34. The van der Waals surface area contributed by atoms with E-state index in [0.29, 0.717) is 18.7 Å². The average Bonchev–Trinajstić information content (AvgIpc) is 2.74. The van der Waals surface area contributed by atoms with Gasteiger partial charge in [0.15, 0.2) is 0 Å². The standard InChI is InChI=1S/C24H27NO4/c1-5-20-15(2)21-12-18-13-25(11-10-17-6-8-19(27-4)9-7-17)14-28-22(18)16(3)23(21)29-24(20)26/h6-9,12H,5,10-11,13-14H2,1-4H3/p+1. The van der Waals surface area contributed by atoms with Gasteiger partial charge in [0.2, 0.25) is 6.73 Å². The molecule has 0 spiro atoms. The molecule has 152 valence electrons. The Kier molecular flexibility index (Phi) is 5.33. The van der Waals surface area contributed by atoms with Gasteiger partial charge in [-0.1, -0.05) is 19.1 Å². The van der Waals surface area contributed by atoms with E-state index in [1.165, 1.54) is 16.0 Å². The second-order valence-corrected chi connectivity index (χ2v) is 7.78. The van der Waals surface area contributed by atoms with Crippen molar-refractivity contribution in [3.63, 3.8) is 0 Å². The van der Waals surface area contributed by atoms with E-state index in [1.807, 2.05) is 32.9 Å². The molecule has 1 aliphatic heterocycles. The summed E-state index contributed by atoms with van der Waals surface area (Å²) < 4.78 is 17.0. The summed E-state index contributed by atoms with van der Waals surface area (Å²) in [6.07, 6.45) is 1.66. The largest absolute Gasteiger partial charge is 0.497 e. The molecular weight excluding hydrogens is 366 g/mol. The van der Waals surface area contributed by atoms with Gasteiger partial charge in [-0.25, -0.2) is 4.79 Å². The monoisotopic (exact) mass is 394 g/mol. The number of ether oxygens (including phenoxy) is 2. The molecule has 0 radical (unpaired) electrons. The predicted molar refractivity (Wildman–Crippen MR) is 113 cm³/mol. The van der Waals surface area contributed by atoms with E-state index in [-0.39, 0.29) is 5.63 Å². The van der Waals surface area contributed by atoms with E-state index in [2.05, 4.69) is 18.2 Å². The number of quaternary nitrogens is 1. The van der Waals surface area contributed by atoms with Crippen molar-refractivity contribution in [3.8, 4) is 11.5 Å². The van der Waals surface area contributed by atoms with Gasteiger partial charge < -0.3 is 13.9 Å². The quantitative estimate of drug-likeness (QED) is 0.676. The highest BCUT2D eigenvalue weighted by atomic mass is 16.5. The fraction of sp³-hybridized carbons (Fsp3) is 0.375. The van der Waals surface area contributed by atoms with Gasteiger partial charge in [-0.3, -0.25) is 4.90 Å². The Labute approximate surface area is 170 Å². The third-order valence-electron chi connectivity index (χ3n) is 5.97. The lowest BCUT2D eigenvalue weighted by Gasteiger charge is -2.28. The predicted octanol–water partition coefficient (Wildman–Crippen LogP) is 2.96. The lowest BCUT2D eigenvalue weighted by molar-refractivity contribution is -0.932. The second-order valence-electron chi connectivity index (χ2n) is 7.78. The van der Waals surface area contributed by atoms with Crippen molar-refractivity contribution in [3.05, 3.63) is 68.6 Å². The summed E-state index contributed by atoms with van der Waals surface area (Å²) >= 11 is 0. The van der Waals surface area contributed by atoms with Crippen LogP contribution in [0.15, 0.2) is 39.5 Å². The van der Waals surface area contributed by atoms with E-state index in [9.17, 15) is 4.79 Å². The van der Waals surface area contributed by atoms with Crippen molar-refractivity contribution in [1.29, 1.82) is 0 Å². The fourth-order valence-electron chi connectivity index (χ4n) is 4.24. The van der Waals surface area contributed by atoms with Crippen LogP contribution in [0.2, 0.25) is 0 Å². The lowest BCUT2D eigenvalue weighted by Crippen LogP contribution is -3.12. The van der Waals surface area contributed by atoms with Crippen molar-refractivity contribution >= 4 is 11.0 Å². The van der Waals surface area contributed by atoms with Crippen LogP contribution in [0, 0.1) is 13.8 Å². The zero-order valence-electron chi connectivity index (χ0n) is 17.6. The van der Waals surface area contributed by atoms with Crippen LogP contribution in [0.3, 0.4) is 0 Å². The van der Waals surface area contributed by atoms with Crippen molar-refractivity contribution < 1.29 is 18.8 Å². The molecule has 1 aromatic heterocycles. The zero-order chi connectivity index (χ0) is 20.5. The molecule has 1 N–H and O–H groups in total. The van der Waals surface area contributed by atoms with Gasteiger partial charge in [-0.15, -0.1) is 0 Å². The van der Waals surface area contributed by atoms with Gasteiger partial charge in [0, 0.05) is 28.5 Å². The first kappa shape index (κ1) is 19.5. The summed E-state index contributed by atoms with van der Waals surface area (Å²) in [6, 6.07) is 10.4. The minimum atomic E-state index is -0.233. The van der Waals surface area contributed by atoms with E-state index in [1.54, 1.807) is 7.11 Å². The molecule has 0 amide bonds. The van der Waals surface area contributed by atoms with Crippen molar-refractivity contribution in [1.82, 2.24) is 0 Å². The molecule has 2 heterocycles. The Bertz CT molecular complexity index is 1100. The summed E-state index contributed by atoms with van der Waals surface area (Å²) in [5.41, 5.74) is 5.61. The lowest BCUT2D eigenvalue weighted by atomic mass is 9.98. The number of benzene rings is 2. The molecule has 5 heteroatoms. The van der Waals surface area contributed by atoms with E-state index in [0.717, 1.165) is 53.1 Å². The zero-order valence-corrected chi connectivity index (χ0v) is 17.6. The molecule has 3 aromatic rings. The van der Waals surface area contributed by atoms with Gasteiger partial charge in [-0.2, -0.15) is 0 Å². The smallest absolute Gasteiger partial charge is 0.339 e. The fourth-order valence-corrected chi connectivity index (χ4v) is 4.24. The van der Waals surface area contributed by atoms with Crippen LogP contribution in [0.25, 0.3) is 11.0 Å². The van der Waals surface area contributed by atoms with Crippen LogP contribution in [0.1, 0.15) is 34.7 Å². The number of methoxy groups -OCH3 is 1. The molecule has 1 atom stereocenters. The normalized spacial score (nSPS) is 15.8. The van der Waals surface area contributed by atoms with E-state index >= 15 is 0 Å². The molecule has 5 nitrogen and oxygen atoms in total. The van der Waals surface area contributed by atoms with Crippen LogP contribution < -0.4 is 20.0 Å². The first-order chi connectivity index (χ1) is 14.0. The topological polar surface area (TPSA) is 53.1 Å². The second kappa shape index (κ2) is 7.91. The maximum atomic E-state index is 12.3. The van der Waals surface area contributed by atoms with Gasteiger partial charge >= 0.3 is 5.63 Å². The Morgan fingerprint density at radius 2 is 1.90 bits per heavy atom. The Morgan fingerprint density at radius 1 is 1.14 bits per heavy atom. The van der Waals surface area contributed by atoms with Crippen LogP contribution >= 0.6 is 0 Å². The van der Waals surface area contributed by atoms with E-state index in [4.69, 9.17) is 13.9 Å². The maximum absolute atomic E-state index is 12.3. The van der Waals surface area contributed by atoms with Crippen molar-refractivity contribution in [2.24, 2.45) is 0 Å². The number of rotatable bonds is 5. The van der Waals surface area contributed by atoms with E-state index < -0.39 is 0 Å². The molecule has 4 rings (SSSR count). The molecule has 0 saturated carbocycles. The van der Waals surface area contributed by atoms with Crippen molar-refractivity contribution in [2.75, 3.05) is 20.4 Å². The Morgan fingerprint density at radius 3 is 2.59 bits per heavy atom. The molecule has 0 bridgehead atoms. The van der Waals surface area contributed by atoms with Crippen LogP contribution in [-0.4, -0.2) is 20.4 Å². The first-order valence-electron chi connectivity index (χ1n) is 10.2. The van der Waals surface area contributed by atoms with Crippen LogP contribution in [0.5, 0.6) is 11.5 Å². The molecule has 29 heavy (non-hydrogen) atoms. The first-order valence-corrected chi connectivity index (χ1v) is 10.2. The van der Waals surface area contributed by atoms with Gasteiger partial charge in [0.05, 0.1) is 13.7 Å². The summed E-state index contributed by atoms with van der Waals surface area (Å²) in [7, 11) is 1.68. The summed E-state index contributed by atoms with van der Waals surface area (Å²) in [5, 5.41) is 1.03. The maximum Gasteiger partial charge on any atom is 0.339 e. The van der Waals surface area contributed by atoms with Crippen LogP contribution in [0.4, 0.5) is 0 Å². The minimum Gasteiger partial charge on any atom is -0.497 e. The minimum absolute atomic E-state index is 0.233. The molecule has 2 aromatic carbocycles. The molecule has 0 fully saturated rings. The Balaban J connectivity index is 1.58. The summed E-state index contributed by atoms with van der Waals surface area (Å²) in [5.74, 6) is 1.75. The number of aryl methyl sites for hydroxylation is 2. The third kappa shape index (κ3) is 3.62. The third-order valence-corrected chi connectivity index (χ3v) is 5.97. The number of hydrogen-bond acceptors (Lipinski definition) is 4. The van der Waals surface area contributed by atoms with Gasteiger partial charge in [0.1, 0.15) is 23.6 Å². The van der Waals surface area contributed by atoms with Crippen molar-refractivity contribution in [2.45, 2.75) is 40.2 Å². The number of nitrogens with one attached hydrogen (secondary N) is 1. The highest BCUT2D eigenvalue weighted by Gasteiger charge is 2.25. The summed E-state index contributed by atoms with van der Waals surface area (Å²) in [4.78, 5) is 13.7. The van der Waals surface area contributed by atoms with Gasteiger partial charge in [-0.05, 0) is 49.6 Å². The molecule has 0 saturated heterocycles. The SMILES string of the molecule is CCc1c(C)c2cc3c(c(C)c2oc1=O)OC[NH+](CCc1ccc(OC)cc1)C3. The highest BCUT2D eigenvalue weighted by molar-refractivity contribution is 5.87. The van der Waals surface area contributed by atoms with Gasteiger partial charge in [0.25, 0.3) is 0 Å².